The number of benzene rings is 1. The zero-order valence-corrected chi connectivity index (χ0v) is 21.4. The predicted octanol–water partition coefficient (Wildman–Crippen LogP) is 5.52. The average Bonchev–Trinajstić information content (AvgIpc) is 3.45. The summed E-state index contributed by atoms with van der Waals surface area (Å²) in [4.78, 5) is 25.1. The number of aromatic nitrogens is 2. The van der Waals surface area contributed by atoms with Gasteiger partial charge in [-0.2, -0.15) is 0 Å². The molecule has 0 spiro atoms. The van der Waals surface area contributed by atoms with Gasteiger partial charge >= 0.3 is 0 Å². The number of ether oxygens (including phenoxy) is 1. The number of halogens is 2. The number of fused-ring (bicyclic) bond motifs is 2. The highest BCUT2D eigenvalue weighted by Crippen LogP contribution is 2.32. The first kappa shape index (κ1) is 24.5. The molecule has 0 radical (unpaired) electrons. The van der Waals surface area contributed by atoms with Crippen LogP contribution in [0.25, 0.3) is 10.2 Å². The number of rotatable bonds is 8. The van der Waals surface area contributed by atoms with Crippen LogP contribution >= 0.6 is 22.7 Å². The van der Waals surface area contributed by atoms with E-state index in [4.69, 9.17) is 4.74 Å². The van der Waals surface area contributed by atoms with E-state index >= 15 is 0 Å². The van der Waals surface area contributed by atoms with E-state index in [1.165, 1.54) is 22.7 Å². The van der Waals surface area contributed by atoms with Crippen molar-refractivity contribution in [3.8, 4) is 5.19 Å². The molecule has 1 fully saturated rings. The lowest BCUT2D eigenvalue weighted by Crippen LogP contribution is -2.38. The number of hydrogen-bond acceptors (Lipinski definition) is 7. The molecular formula is C25H30F2N4O2S2. The lowest BCUT2D eigenvalue weighted by molar-refractivity contribution is -0.0230. The molecule has 3 aromatic rings. The maximum absolute atomic E-state index is 13.1. The van der Waals surface area contributed by atoms with Crippen LogP contribution in [0.3, 0.4) is 0 Å². The Morgan fingerprint density at radius 2 is 2.00 bits per heavy atom. The number of para-hydroxylation sites is 1. The van der Waals surface area contributed by atoms with Gasteiger partial charge in [0.05, 0.1) is 15.9 Å². The van der Waals surface area contributed by atoms with Crippen molar-refractivity contribution in [1.82, 2.24) is 20.2 Å². The molecule has 1 N–H and O–H groups in total. The molecular weight excluding hydrogens is 490 g/mol. The van der Waals surface area contributed by atoms with Crippen molar-refractivity contribution in [2.24, 2.45) is 5.92 Å². The fourth-order valence-electron chi connectivity index (χ4n) is 4.85. The molecule has 10 heteroatoms. The van der Waals surface area contributed by atoms with Crippen LogP contribution in [-0.2, 0) is 13.0 Å². The molecule has 2 aliphatic rings. The monoisotopic (exact) mass is 520 g/mol. The fourth-order valence-corrected chi connectivity index (χ4v) is 6.62. The minimum absolute atomic E-state index is 0.0620. The molecule has 0 bridgehead atoms. The first-order valence-electron chi connectivity index (χ1n) is 12.2. The Balaban J connectivity index is 1.04. The van der Waals surface area contributed by atoms with Crippen LogP contribution in [0.2, 0.25) is 0 Å². The molecule has 3 heterocycles. The van der Waals surface area contributed by atoms with Gasteiger partial charge in [-0.15, -0.1) is 11.3 Å². The van der Waals surface area contributed by atoms with Gasteiger partial charge in [0, 0.05) is 30.9 Å². The Hall–Kier alpha value is -2.17. The highest BCUT2D eigenvalue weighted by molar-refractivity contribution is 7.20. The molecule has 1 saturated carbocycles. The van der Waals surface area contributed by atoms with Gasteiger partial charge in [-0.3, -0.25) is 9.69 Å². The Bertz CT molecular complexity index is 1130. The maximum atomic E-state index is 13.1. The van der Waals surface area contributed by atoms with Crippen molar-refractivity contribution < 1.29 is 18.3 Å². The van der Waals surface area contributed by atoms with Crippen LogP contribution in [0.15, 0.2) is 24.3 Å². The van der Waals surface area contributed by atoms with E-state index in [9.17, 15) is 13.6 Å². The Kier molecular flexibility index (Phi) is 7.31. The van der Waals surface area contributed by atoms with Gasteiger partial charge in [-0.25, -0.2) is 18.7 Å². The Morgan fingerprint density at radius 3 is 2.77 bits per heavy atom. The summed E-state index contributed by atoms with van der Waals surface area (Å²) in [6.07, 6.45) is 6.25. The second kappa shape index (κ2) is 10.4. The molecule has 188 valence electrons. The Labute approximate surface area is 211 Å². The molecule has 35 heavy (non-hydrogen) atoms. The zero-order valence-electron chi connectivity index (χ0n) is 19.8. The summed E-state index contributed by atoms with van der Waals surface area (Å²) in [6, 6.07) is 8.05. The number of nitrogens with zero attached hydrogens (tertiary/aromatic N) is 3. The van der Waals surface area contributed by atoms with Crippen LogP contribution in [0.1, 0.15) is 59.4 Å². The molecule has 6 nitrogen and oxygen atoms in total. The first-order valence-corrected chi connectivity index (χ1v) is 13.8. The van der Waals surface area contributed by atoms with Crippen molar-refractivity contribution in [2.45, 2.75) is 64.0 Å². The third kappa shape index (κ3) is 6.34. The Morgan fingerprint density at radius 1 is 1.20 bits per heavy atom. The number of carbonyl (C=O) groups excluding carboxylic acids is 1. The summed E-state index contributed by atoms with van der Waals surface area (Å²) >= 11 is 2.84. The van der Waals surface area contributed by atoms with E-state index in [1.807, 2.05) is 24.3 Å². The molecule has 1 aliphatic carbocycles. The number of carbonyl (C=O) groups is 1. The summed E-state index contributed by atoms with van der Waals surface area (Å²) in [7, 11) is 0. The molecule has 1 aliphatic heterocycles. The molecule has 5 rings (SSSR count). The smallest absolute Gasteiger partial charge is 0.280 e. The van der Waals surface area contributed by atoms with E-state index in [0.717, 1.165) is 85.9 Å². The molecule has 0 unspecified atom stereocenters. The van der Waals surface area contributed by atoms with Crippen LogP contribution in [0, 0.1) is 5.92 Å². The van der Waals surface area contributed by atoms with E-state index in [0.29, 0.717) is 16.1 Å². The lowest BCUT2D eigenvalue weighted by Gasteiger charge is -2.31. The van der Waals surface area contributed by atoms with Crippen molar-refractivity contribution in [2.75, 3.05) is 19.7 Å². The molecule has 0 saturated heterocycles. The van der Waals surface area contributed by atoms with Crippen molar-refractivity contribution >= 4 is 38.8 Å². The van der Waals surface area contributed by atoms with Crippen molar-refractivity contribution in [1.29, 1.82) is 0 Å². The largest absolute Gasteiger partial charge is 0.464 e. The van der Waals surface area contributed by atoms with Gasteiger partial charge in [-0.1, -0.05) is 23.5 Å². The third-order valence-electron chi connectivity index (χ3n) is 6.76. The summed E-state index contributed by atoms with van der Waals surface area (Å²) in [5.74, 6) is -2.25. The standard InChI is InChI=1S/C25H30F2N4O2S2/c1-25(26,27)15-33-24-30-19-14-31(13-11-21(19)35-24)12-10-16-6-8-17(9-7-16)28-22(32)23-29-18-4-2-3-5-20(18)34-23/h2-5,16-17H,6-15H2,1H3,(H,28,32)/t16-,17-. The number of amides is 1. The second-order valence-corrected chi connectivity index (χ2v) is 11.8. The number of alkyl halides is 2. The van der Waals surface area contributed by atoms with E-state index < -0.39 is 12.5 Å². The quantitative estimate of drug-likeness (QED) is 0.423. The lowest BCUT2D eigenvalue weighted by atomic mass is 9.84. The molecule has 1 aromatic carbocycles. The number of thiazole rings is 2. The molecule has 2 aromatic heterocycles. The minimum Gasteiger partial charge on any atom is -0.464 e. The normalized spacial score (nSPS) is 21.1. The van der Waals surface area contributed by atoms with Crippen LogP contribution in [0.4, 0.5) is 8.78 Å². The number of hydrogen-bond donors (Lipinski definition) is 1. The highest BCUT2D eigenvalue weighted by Gasteiger charge is 2.27. The van der Waals surface area contributed by atoms with Crippen LogP contribution in [-0.4, -0.2) is 52.4 Å². The van der Waals surface area contributed by atoms with Gasteiger partial charge < -0.3 is 10.1 Å². The van der Waals surface area contributed by atoms with Gasteiger partial charge in [0.1, 0.15) is 0 Å². The zero-order chi connectivity index (χ0) is 24.4. The predicted molar refractivity (Wildman–Crippen MR) is 135 cm³/mol. The highest BCUT2D eigenvalue weighted by atomic mass is 32.1. The minimum atomic E-state index is -2.85. The van der Waals surface area contributed by atoms with E-state index in [-0.39, 0.29) is 11.9 Å². The van der Waals surface area contributed by atoms with Gasteiger partial charge in [-0.05, 0) is 63.1 Å². The van der Waals surface area contributed by atoms with E-state index in [1.54, 1.807) is 0 Å². The van der Waals surface area contributed by atoms with Crippen molar-refractivity contribution in [3.63, 3.8) is 0 Å². The first-order chi connectivity index (χ1) is 16.8. The van der Waals surface area contributed by atoms with Gasteiger partial charge in [0.15, 0.2) is 11.6 Å². The number of nitrogens with one attached hydrogen (secondary N) is 1. The molecule has 1 amide bonds. The third-order valence-corrected chi connectivity index (χ3v) is 8.86. The topological polar surface area (TPSA) is 67.3 Å². The maximum Gasteiger partial charge on any atom is 0.280 e. The summed E-state index contributed by atoms with van der Waals surface area (Å²) in [5.41, 5.74) is 1.84. The summed E-state index contributed by atoms with van der Waals surface area (Å²) in [5, 5.41) is 4.08. The van der Waals surface area contributed by atoms with E-state index in [2.05, 4.69) is 20.2 Å². The van der Waals surface area contributed by atoms with Crippen LogP contribution < -0.4 is 10.1 Å². The average molecular weight is 521 g/mol. The van der Waals surface area contributed by atoms with Crippen molar-refractivity contribution in [3.05, 3.63) is 39.8 Å². The summed E-state index contributed by atoms with van der Waals surface area (Å²) < 4.78 is 32.3. The van der Waals surface area contributed by atoms with Gasteiger partial charge in [0.25, 0.3) is 17.0 Å². The fraction of sp³-hybridized carbons (Fsp3) is 0.560. The molecule has 0 atom stereocenters. The SMILES string of the molecule is CC(F)(F)COc1nc2c(s1)CCN(CC[C@H]1CC[C@H](NC(=O)c3nc4ccccc4s3)CC1)C2. The van der Waals surface area contributed by atoms with Gasteiger partial charge in [0.2, 0.25) is 0 Å². The summed E-state index contributed by atoms with van der Waals surface area (Å²) in [6.45, 7) is 2.95. The second-order valence-electron chi connectivity index (χ2n) is 9.70. The van der Waals surface area contributed by atoms with Crippen LogP contribution in [0.5, 0.6) is 5.19 Å².